The molecule has 0 fully saturated rings. The van der Waals surface area contributed by atoms with E-state index < -0.39 is 5.41 Å². The summed E-state index contributed by atoms with van der Waals surface area (Å²) in [5.74, 6) is 0. The van der Waals surface area contributed by atoms with Crippen molar-refractivity contribution in [3.8, 4) is 44.5 Å². The molecule has 0 saturated carbocycles. The molecule has 0 N–H and O–H groups in total. The summed E-state index contributed by atoms with van der Waals surface area (Å²) < 4.78 is 6.35. The summed E-state index contributed by atoms with van der Waals surface area (Å²) in [5.41, 5.74) is 17.7. The minimum Gasteiger partial charge on any atom is -0.456 e. The largest absolute Gasteiger partial charge is 0.456 e. The Labute approximate surface area is 300 Å². The monoisotopic (exact) mass is 659 g/mol. The lowest BCUT2D eigenvalue weighted by atomic mass is 9.70. The molecule has 2 heterocycles. The van der Waals surface area contributed by atoms with Gasteiger partial charge in [-0.3, -0.25) is 4.98 Å². The molecule has 240 valence electrons. The van der Waals surface area contributed by atoms with Gasteiger partial charge in [-0.15, -0.1) is 0 Å². The number of benzene rings is 8. The van der Waals surface area contributed by atoms with Crippen LogP contribution in [0.3, 0.4) is 0 Å². The topological polar surface area (TPSA) is 26.0 Å². The third-order valence-electron chi connectivity index (χ3n) is 11.7. The molecular weight excluding hydrogens is 631 g/mol. The van der Waals surface area contributed by atoms with Gasteiger partial charge in [-0.1, -0.05) is 140 Å². The molecule has 1 atom stereocenters. The molecule has 2 nitrogen and oxygen atoms in total. The van der Waals surface area contributed by atoms with Gasteiger partial charge in [0.15, 0.2) is 0 Å². The minimum atomic E-state index is -0.485. The van der Waals surface area contributed by atoms with E-state index in [-0.39, 0.29) is 0 Å². The van der Waals surface area contributed by atoms with E-state index in [1.807, 2.05) is 18.3 Å². The zero-order chi connectivity index (χ0) is 34.0. The molecule has 12 rings (SSSR count). The number of furan rings is 1. The molecule has 0 amide bonds. The smallest absolute Gasteiger partial charge is 0.136 e. The van der Waals surface area contributed by atoms with Gasteiger partial charge in [0.2, 0.25) is 0 Å². The van der Waals surface area contributed by atoms with Gasteiger partial charge in [-0.05, 0) is 102 Å². The van der Waals surface area contributed by atoms with E-state index in [0.717, 1.165) is 32.8 Å². The number of fused-ring (bicyclic) bond motifs is 16. The highest BCUT2D eigenvalue weighted by Crippen LogP contribution is 2.63. The van der Waals surface area contributed by atoms with Crippen molar-refractivity contribution in [2.75, 3.05) is 0 Å². The summed E-state index contributed by atoms with van der Waals surface area (Å²) in [6.45, 7) is 0. The van der Waals surface area contributed by atoms with Crippen LogP contribution in [-0.2, 0) is 5.41 Å². The second-order valence-electron chi connectivity index (χ2n) is 14.2. The molecule has 1 unspecified atom stereocenters. The van der Waals surface area contributed by atoms with Crippen LogP contribution in [0.1, 0.15) is 22.3 Å². The van der Waals surface area contributed by atoms with Crippen LogP contribution in [0, 0.1) is 0 Å². The van der Waals surface area contributed by atoms with Gasteiger partial charge in [-0.25, -0.2) is 0 Å². The number of pyridine rings is 1. The summed E-state index contributed by atoms with van der Waals surface area (Å²) >= 11 is 0. The number of hydrogen-bond donors (Lipinski definition) is 0. The minimum absolute atomic E-state index is 0.485. The van der Waals surface area contributed by atoms with Gasteiger partial charge in [0.25, 0.3) is 0 Å². The van der Waals surface area contributed by atoms with E-state index in [9.17, 15) is 0 Å². The number of aromatic nitrogens is 1. The van der Waals surface area contributed by atoms with Crippen molar-refractivity contribution in [3.05, 3.63) is 198 Å². The Balaban J connectivity index is 1.17. The van der Waals surface area contributed by atoms with Gasteiger partial charge in [0.05, 0.1) is 10.9 Å². The molecule has 2 aliphatic carbocycles. The first-order valence-electron chi connectivity index (χ1n) is 18.0. The SMILES string of the molecule is c1ccc2c(c1)-c1ccc(-c3cccc4oc5ccccc5c34)cc1C21c2ccccc2-c2ccc(-c3cccc4ccc5cccnc5c34)cc21. The number of para-hydroxylation sites is 1. The fourth-order valence-corrected chi connectivity index (χ4v) is 9.64. The Morgan fingerprint density at radius 3 is 1.69 bits per heavy atom. The van der Waals surface area contributed by atoms with Crippen LogP contribution in [0.4, 0.5) is 0 Å². The van der Waals surface area contributed by atoms with Gasteiger partial charge in [-0.2, -0.15) is 0 Å². The van der Waals surface area contributed by atoms with Gasteiger partial charge < -0.3 is 4.42 Å². The lowest BCUT2D eigenvalue weighted by Gasteiger charge is -2.31. The lowest BCUT2D eigenvalue weighted by molar-refractivity contribution is 0.669. The maximum Gasteiger partial charge on any atom is 0.136 e. The van der Waals surface area contributed by atoms with Gasteiger partial charge in [0, 0.05) is 27.7 Å². The molecule has 0 aliphatic heterocycles. The highest BCUT2D eigenvalue weighted by Gasteiger charge is 2.51. The molecule has 0 bridgehead atoms. The first-order valence-corrected chi connectivity index (χ1v) is 18.0. The Hall–Kier alpha value is -6.77. The lowest BCUT2D eigenvalue weighted by Crippen LogP contribution is -2.26. The summed E-state index contributed by atoms with van der Waals surface area (Å²) in [4.78, 5) is 4.90. The highest BCUT2D eigenvalue weighted by atomic mass is 16.3. The third kappa shape index (κ3) is 3.51. The fourth-order valence-electron chi connectivity index (χ4n) is 9.64. The molecule has 52 heavy (non-hydrogen) atoms. The van der Waals surface area contributed by atoms with E-state index in [1.165, 1.54) is 77.5 Å². The maximum atomic E-state index is 6.35. The van der Waals surface area contributed by atoms with Crippen molar-refractivity contribution in [1.82, 2.24) is 4.98 Å². The van der Waals surface area contributed by atoms with Crippen molar-refractivity contribution in [3.63, 3.8) is 0 Å². The van der Waals surface area contributed by atoms with Crippen molar-refractivity contribution in [1.29, 1.82) is 0 Å². The molecule has 0 radical (unpaired) electrons. The Morgan fingerprint density at radius 1 is 0.385 bits per heavy atom. The van der Waals surface area contributed by atoms with Gasteiger partial charge >= 0.3 is 0 Å². The van der Waals surface area contributed by atoms with Crippen LogP contribution >= 0.6 is 0 Å². The van der Waals surface area contributed by atoms with E-state index in [4.69, 9.17) is 9.40 Å². The summed E-state index contributed by atoms with van der Waals surface area (Å²) in [6, 6.07) is 62.4. The van der Waals surface area contributed by atoms with E-state index >= 15 is 0 Å². The normalized spacial score (nSPS) is 15.4. The van der Waals surface area contributed by atoms with E-state index in [2.05, 4.69) is 158 Å². The molecule has 2 heteroatoms. The average molecular weight is 660 g/mol. The summed E-state index contributed by atoms with van der Waals surface area (Å²) in [6.07, 6.45) is 1.91. The average Bonchev–Trinajstić information content (AvgIpc) is 3.84. The molecule has 0 saturated heterocycles. The zero-order valence-corrected chi connectivity index (χ0v) is 28.1. The van der Waals surface area contributed by atoms with Crippen LogP contribution in [0.15, 0.2) is 180 Å². The third-order valence-corrected chi connectivity index (χ3v) is 11.7. The first-order chi connectivity index (χ1) is 25.8. The second kappa shape index (κ2) is 10.2. The van der Waals surface area contributed by atoms with Crippen molar-refractivity contribution < 1.29 is 4.42 Å². The number of hydrogen-bond acceptors (Lipinski definition) is 2. The van der Waals surface area contributed by atoms with Gasteiger partial charge in [0.1, 0.15) is 11.2 Å². The fraction of sp³-hybridized carbons (Fsp3) is 0.0200. The molecule has 2 aliphatic rings. The predicted molar refractivity (Wildman–Crippen MR) is 214 cm³/mol. The Bertz CT molecular complexity index is 3130. The van der Waals surface area contributed by atoms with Crippen LogP contribution in [0.5, 0.6) is 0 Å². The second-order valence-corrected chi connectivity index (χ2v) is 14.2. The standard InChI is InChI=1S/C50H29NO/c1-4-17-41-36(12-1)38-25-23-32(34-15-7-10-30-21-22-31-11-9-27-51-49(31)47(30)34)28-43(38)50(41)42-18-5-2-13-37(42)39-26-24-33(29-44(39)50)35-16-8-20-46-48(35)40-14-3-6-19-45(40)52-46/h1-29H. The maximum absolute atomic E-state index is 6.35. The molecule has 10 aromatic rings. The Kier molecular flexibility index (Phi) is 5.46. The molecule has 1 spiro atoms. The van der Waals surface area contributed by atoms with Crippen LogP contribution in [-0.4, -0.2) is 4.98 Å². The highest BCUT2D eigenvalue weighted by molar-refractivity contribution is 6.14. The summed E-state index contributed by atoms with van der Waals surface area (Å²) in [7, 11) is 0. The van der Waals surface area contributed by atoms with Crippen LogP contribution < -0.4 is 0 Å². The molecule has 8 aromatic carbocycles. The zero-order valence-electron chi connectivity index (χ0n) is 28.1. The summed E-state index contributed by atoms with van der Waals surface area (Å²) in [5, 5.41) is 5.85. The first kappa shape index (κ1) is 28.0. The molecular formula is C50H29NO. The number of nitrogens with zero attached hydrogens (tertiary/aromatic N) is 1. The van der Waals surface area contributed by atoms with E-state index in [0.29, 0.717) is 0 Å². The van der Waals surface area contributed by atoms with Crippen molar-refractivity contribution >= 4 is 43.6 Å². The van der Waals surface area contributed by atoms with Crippen molar-refractivity contribution in [2.45, 2.75) is 5.41 Å². The quantitative estimate of drug-likeness (QED) is 0.173. The Morgan fingerprint density at radius 2 is 0.942 bits per heavy atom. The van der Waals surface area contributed by atoms with Crippen molar-refractivity contribution in [2.24, 2.45) is 0 Å². The van der Waals surface area contributed by atoms with Crippen LogP contribution in [0.25, 0.3) is 88.1 Å². The van der Waals surface area contributed by atoms with Crippen LogP contribution in [0.2, 0.25) is 0 Å². The van der Waals surface area contributed by atoms with E-state index in [1.54, 1.807) is 0 Å². The number of rotatable bonds is 2. The predicted octanol–water partition coefficient (Wildman–Crippen LogP) is 13.0. The molecule has 2 aromatic heterocycles.